The molecule has 32 heavy (non-hydrogen) atoms. The number of aryl methyl sites for hydroxylation is 1. The Hall–Kier alpha value is -2.84. The van der Waals surface area contributed by atoms with Crippen molar-refractivity contribution < 1.29 is 17.9 Å². The summed E-state index contributed by atoms with van der Waals surface area (Å²) in [5, 5.41) is 0.737. The summed E-state index contributed by atoms with van der Waals surface area (Å²) >= 11 is 0. The van der Waals surface area contributed by atoms with Crippen LogP contribution in [0, 0.1) is 6.92 Å². The molecular formula is C24H29N3O4S. The molecule has 1 saturated heterocycles. The van der Waals surface area contributed by atoms with Crippen molar-refractivity contribution in [3.8, 4) is 11.5 Å². The summed E-state index contributed by atoms with van der Waals surface area (Å²) in [4.78, 5) is 9.50. The molecule has 8 heteroatoms. The third kappa shape index (κ3) is 4.00. The van der Waals surface area contributed by atoms with Crippen molar-refractivity contribution in [3.63, 3.8) is 0 Å². The molecule has 0 N–H and O–H groups in total. The minimum atomic E-state index is -3.77. The predicted octanol–water partition coefficient (Wildman–Crippen LogP) is 3.54. The van der Waals surface area contributed by atoms with Gasteiger partial charge in [-0.25, -0.2) is 8.42 Å². The summed E-state index contributed by atoms with van der Waals surface area (Å²) in [6, 6.07) is 10.6. The number of likely N-dealkylation sites (N-methyl/N-ethyl adjacent to an activating group) is 1. The molecule has 1 aromatic heterocycles. The number of sulfone groups is 1. The topological polar surface area (TPSA) is 72.0 Å². The number of rotatable bonds is 6. The number of fused-ring (bicyclic) bond motifs is 1. The van der Waals surface area contributed by atoms with Crippen molar-refractivity contribution in [3.05, 3.63) is 48.2 Å². The van der Waals surface area contributed by atoms with Gasteiger partial charge in [-0.3, -0.25) is 4.98 Å². The molecule has 0 unspecified atom stereocenters. The zero-order chi connectivity index (χ0) is 22.9. The predicted molar refractivity (Wildman–Crippen MR) is 126 cm³/mol. The fraction of sp³-hybridized carbons (Fsp3) is 0.375. The summed E-state index contributed by atoms with van der Waals surface area (Å²) in [6.45, 7) is 8.27. The van der Waals surface area contributed by atoms with E-state index in [1.54, 1.807) is 32.4 Å². The van der Waals surface area contributed by atoms with E-state index in [4.69, 9.17) is 9.47 Å². The largest absolute Gasteiger partial charge is 0.493 e. The SMILES string of the molecule is CCN1CCN(c2c(S(=O)(=O)c3ccc(C)cc3)cnc3cc(OC)c(OC)cc23)CC1. The monoisotopic (exact) mass is 455 g/mol. The van der Waals surface area contributed by atoms with Gasteiger partial charge >= 0.3 is 0 Å². The molecule has 1 aliphatic rings. The van der Waals surface area contributed by atoms with Gasteiger partial charge in [-0.05, 0) is 31.7 Å². The molecule has 0 amide bonds. The first-order valence-corrected chi connectivity index (χ1v) is 12.2. The smallest absolute Gasteiger partial charge is 0.210 e. The fourth-order valence-electron chi connectivity index (χ4n) is 4.14. The lowest BCUT2D eigenvalue weighted by atomic mass is 10.1. The lowest BCUT2D eigenvalue weighted by molar-refractivity contribution is 0.271. The number of benzene rings is 2. The van der Waals surface area contributed by atoms with Gasteiger partial charge in [0.05, 0.1) is 30.3 Å². The molecule has 1 fully saturated rings. The van der Waals surface area contributed by atoms with Crippen LogP contribution >= 0.6 is 0 Å². The molecule has 4 rings (SSSR count). The molecule has 170 valence electrons. The van der Waals surface area contributed by atoms with E-state index in [1.165, 1.54) is 6.20 Å². The maximum Gasteiger partial charge on any atom is 0.210 e. The van der Waals surface area contributed by atoms with Gasteiger partial charge < -0.3 is 19.3 Å². The van der Waals surface area contributed by atoms with Gasteiger partial charge in [0.2, 0.25) is 9.84 Å². The van der Waals surface area contributed by atoms with Crippen LogP contribution in [0.5, 0.6) is 11.5 Å². The molecule has 0 bridgehead atoms. The molecule has 0 atom stereocenters. The van der Waals surface area contributed by atoms with E-state index in [1.807, 2.05) is 25.1 Å². The van der Waals surface area contributed by atoms with Crippen molar-refractivity contribution in [1.29, 1.82) is 0 Å². The molecule has 2 aromatic carbocycles. The van der Waals surface area contributed by atoms with Crippen LogP contribution in [0.15, 0.2) is 52.4 Å². The highest BCUT2D eigenvalue weighted by Gasteiger charge is 2.29. The number of aromatic nitrogens is 1. The van der Waals surface area contributed by atoms with Crippen LogP contribution in [-0.4, -0.2) is 65.2 Å². The van der Waals surface area contributed by atoms with E-state index in [2.05, 4.69) is 21.7 Å². The highest BCUT2D eigenvalue weighted by molar-refractivity contribution is 7.91. The van der Waals surface area contributed by atoms with Gasteiger partial charge in [-0.2, -0.15) is 0 Å². The maximum absolute atomic E-state index is 13.7. The summed E-state index contributed by atoms with van der Waals surface area (Å²) < 4.78 is 38.4. The Morgan fingerprint density at radius 3 is 2.19 bits per heavy atom. The zero-order valence-electron chi connectivity index (χ0n) is 19.0. The van der Waals surface area contributed by atoms with Crippen LogP contribution < -0.4 is 14.4 Å². The number of piperazine rings is 1. The lowest BCUT2D eigenvalue weighted by Gasteiger charge is -2.37. The standard InChI is InChI=1S/C24H29N3O4S/c1-5-26-10-12-27(13-11-26)24-19-14-21(30-3)22(31-4)15-20(19)25-16-23(24)32(28,29)18-8-6-17(2)7-9-18/h6-9,14-16H,5,10-13H2,1-4H3. The van der Waals surface area contributed by atoms with Gasteiger partial charge in [0.15, 0.2) is 11.5 Å². The van der Waals surface area contributed by atoms with Crippen molar-refractivity contribution >= 4 is 26.4 Å². The second kappa shape index (κ2) is 8.96. The molecule has 0 spiro atoms. The minimum absolute atomic E-state index is 0.214. The van der Waals surface area contributed by atoms with Crippen molar-refractivity contribution in [2.24, 2.45) is 0 Å². The van der Waals surface area contributed by atoms with E-state index >= 15 is 0 Å². The first kappa shape index (κ1) is 22.4. The number of anilines is 1. The highest BCUT2D eigenvalue weighted by atomic mass is 32.2. The number of nitrogens with zero attached hydrogens (tertiary/aromatic N) is 3. The van der Waals surface area contributed by atoms with E-state index in [0.29, 0.717) is 22.7 Å². The number of methoxy groups -OCH3 is 2. The number of hydrogen-bond acceptors (Lipinski definition) is 7. The zero-order valence-corrected chi connectivity index (χ0v) is 19.8. The number of ether oxygens (including phenoxy) is 2. The van der Waals surface area contributed by atoms with Gasteiger partial charge in [0.25, 0.3) is 0 Å². The Morgan fingerprint density at radius 1 is 0.969 bits per heavy atom. The summed E-state index contributed by atoms with van der Waals surface area (Å²) in [7, 11) is -0.624. The summed E-state index contributed by atoms with van der Waals surface area (Å²) in [5.74, 6) is 1.10. The van der Waals surface area contributed by atoms with Gasteiger partial charge in [0, 0.05) is 43.8 Å². The summed E-state index contributed by atoms with van der Waals surface area (Å²) in [6.07, 6.45) is 1.48. The van der Waals surface area contributed by atoms with E-state index in [-0.39, 0.29) is 9.79 Å². The highest BCUT2D eigenvalue weighted by Crippen LogP contribution is 2.40. The third-order valence-corrected chi connectivity index (χ3v) is 7.84. The molecule has 0 saturated carbocycles. The van der Waals surface area contributed by atoms with E-state index in [0.717, 1.165) is 43.7 Å². The lowest BCUT2D eigenvalue weighted by Crippen LogP contribution is -2.46. The van der Waals surface area contributed by atoms with Crippen LogP contribution in [0.1, 0.15) is 12.5 Å². The second-order valence-electron chi connectivity index (χ2n) is 7.93. The molecule has 0 aliphatic carbocycles. The van der Waals surface area contributed by atoms with Crippen molar-refractivity contribution in [2.75, 3.05) is 51.8 Å². The second-order valence-corrected chi connectivity index (χ2v) is 9.85. The normalized spacial score (nSPS) is 15.2. The van der Waals surface area contributed by atoms with Gasteiger partial charge in [0.1, 0.15) is 4.90 Å². The average molecular weight is 456 g/mol. The quantitative estimate of drug-likeness (QED) is 0.563. The number of pyridine rings is 1. The fourth-order valence-corrected chi connectivity index (χ4v) is 5.58. The Kier molecular flexibility index (Phi) is 6.26. The first-order valence-electron chi connectivity index (χ1n) is 10.7. The van der Waals surface area contributed by atoms with Crippen LogP contribution in [0.2, 0.25) is 0 Å². The van der Waals surface area contributed by atoms with Gasteiger partial charge in [-0.15, -0.1) is 0 Å². The van der Waals surface area contributed by atoms with Crippen LogP contribution in [-0.2, 0) is 9.84 Å². The van der Waals surface area contributed by atoms with Crippen molar-refractivity contribution in [1.82, 2.24) is 9.88 Å². The number of hydrogen-bond donors (Lipinski definition) is 0. The minimum Gasteiger partial charge on any atom is -0.493 e. The molecular weight excluding hydrogens is 426 g/mol. The Bertz CT molecular complexity index is 1220. The third-order valence-electron chi connectivity index (χ3n) is 6.07. The maximum atomic E-state index is 13.7. The Labute approximate surface area is 189 Å². The van der Waals surface area contributed by atoms with E-state index in [9.17, 15) is 8.42 Å². The van der Waals surface area contributed by atoms with Crippen LogP contribution in [0.4, 0.5) is 5.69 Å². The Morgan fingerprint density at radius 2 is 1.59 bits per heavy atom. The van der Waals surface area contributed by atoms with Crippen LogP contribution in [0.3, 0.4) is 0 Å². The van der Waals surface area contributed by atoms with E-state index < -0.39 is 9.84 Å². The molecule has 2 heterocycles. The van der Waals surface area contributed by atoms with Crippen molar-refractivity contribution in [2.45, 2.75) is 23.6 Å². The Balaban J connectivity index is 1.95. The first-order chi connectivity index (χ1) is 15.4. The average Bonchev–Trinajstić information content (AvgIpc) is 2.82. The molecule has 7 nitrogen and oxygen atoms in total. The summed E-state index contributed by atoms with van der Waals surface area (Å²) in [5.41, 5.74) is 2.35. The van der Waals surface area contributed by atoms with Crippen LogP contribution in [0.25, 0.3) is 10.9 Å². The molecule has 3 aromatic rings. The molecule has 0 radical (unpaired) electrons. The molecule has 1 aliphatic heterocycles. The van der Waals surface area contributed by atoms with Gasteiger partial charge in [-0.1, -0.05) is 24.6 Å².